The minimum absolute atomic E-state index is 0.0167. The van der Waals surface area contributed by atoms with Gasteiger partial charge in [0.25, 0.3) is 0 Å². The topological polar surface area (TPSA) is 29.5 Å². The molecular weight excluding hydrogens is 635 g/mol. The first-order chi connectivity index (χ1) is 25.1. The average Bonchev–Trinajstić information content (AvgIpc) is 3.78. The molecule has 3 heteroatoms. The normalized spacial score (nSPS) is 13.6. The van der Waals surface area contributed by atoms with Gasteiger partial charge in [-0.05, 0) is 105 Å². The van der Waals surface area contributed by atoms with Crippen molar-refractivity contribution in [3.05, 3.63) is 162 Å². The first kappa shape index (κ1) is 30.7. The summed E-state index contributed by atoms with van der Waals surface area (Å²) in [5.74, 6) is 0. The van der Waals surface area contributed by atoms with Crippen LogP contribution >= 0.6 is 0 Å². The molecule has 2 heterocycles. The number of fused-ring (bicyclic) bond motifs is 9. The molecule has 0 N–H and O–H groups in total. The van der Waals surface area contributed by atoms with Gasteiger partial charge in [0.15, 0.2) is 0 Å². The van der Waals surface area contributed by atoms with E-state index in [1.165, 1.54) is 49.7 Å². The van der Waals surface area contributed by atoms with E-state index in [1.807, 2.05) is 12.1 Å². The fourth-order valence-electron chi connectivity index (χ4n) is 8.56. The van der Waals surface area contributed by atoms with Gasteiger partial charge in [0.1, 0.15) is 22.3 Å². The zero-order valence-corrected chi connectivity index (χ0v) is 30.1. The maximum Gasteiger partial charge on any atom is 0.137 e. The summed E-state index contributed by atoms with van der Waals surface area (Å²) in [7, 11) is 0. The predicted molar refractivity (Wildman–Crippen MR) is 217 cm³/mol. The van der Waals surface area contributed by atoms with Crippen LogP contribution in [0.15, 0.2) is 154 Å². The number of para-hydroxylation sites is 1. The summed E-state index contributed by atoms with van der Waals surface area (Å²) in [4.78, 5) is 2.36. The third kappa shape index (κ3) is 4.58. The molecule has 0 saturated carbocycles. The van der Waals surface area contributed by atoms with E-state index in [0.717, 1.165) is 50.2 Å². The zero-order chi connectivity index (χ0) is 35.4. The lowest BCUT2D eigenvalue weighted by Crippen LogP contribution is -2.15. The Morgan fingerprint density at radius 1 is 0.462 bits per heavy atom. The van der Waals surface area contributed by atoms with Crippen molar-refractivity contribution in [3.8, 4) is 22.3 Å². The van der Waals surface area contributed by atoms with E-state index in [0.29, 0.717) is 0 Å². The van der Waals surface area contributed by atoms with Gasteiger partial charge in [0.05, 0.1) is 0 Å². The van der Waals surface area contributed by atoms with Crippen molar-refractivity contribution in [1.29, 1.82) is 0 Å². The van der Waals surface area contributed by atoms with E-state index in [9.17, 15) is 0 Å². The van der Waals surface area contributed by atoms with Gasteiger partial charge in [0.2, 0.25) is 0 Å². The number of nitrogens with zero attached hydrogens (tertiary/aromatic N) is 1. The van der Waals surface area contributed by atoms with Gasteiger partial charge in [-0.1, -0.05) is 113 Å². The van der Waals surface area contributed by atoms with Gasteiger partial charge in [-0.15, -0.1) is 0 Å². The van der Waals surface area contributed by atoms with Crippen LogP contribution in [-0.2, 0) is 10.8 Å². The van der Waals surface area contributed by atoms with Crippen LogP contribution in [0.2, 0.25) is 0 Å². The minimum atomic E-state index is -0.182. The van der Waals surface area contributed by atoms with Crippen LogP contribution in [0.4, 0.5) is 17.1 Å². The van der Waals surface area contributed by atoms with Crippen LogP contribution in [0.1, 0.15) is 51.3 Å². The maximum absolute atomic E-state index is 6.56. The van der Waals surface area contributed by atoms with Crippen LogP contribution in [0.5, 0.6) is 0 Å². The summed E-state index contributed by atoms with van der Waals surface area (Å²) in [6.07, 6.45) is 0. The van der Waals surface area contributed by atoms with Crippen molar-refractivity contribution in [3.63, 3.8) is 0 Å². The standard InChI is InChI=1S/C49H39NO2/c1-48(2,3)41-15-11-17-44-47(41)39-28-38-37-26-33(23-25-40(37)49(4,5)42(38)29-46(39)52-44)50(32-20-18-31(19-21-32)30-12-7-6-8-13-30)34-22-24-36-35-14-9-10-16-43(35)51-45(36)27-34/h6-29H,1-5H3. The van der Waals surface area contributed by atoms with E-state index in [-0.39, 0.29) is 10.8 Å². The smallest absolute Gasteiger partial charge is 0.137 e. The summed E-state index contributed by atoms with van der Waals surface area (Å²) >= 11 is 0. The number of hydrogen-bond acceptors (Lipinski definition) is 3. The van der Waals surface area contributed by atoms with Gasteiger partial charge < -0.3 is 13.7 Å². The Balaban J connectivity index is 1.17. The molecule has 0 aliphatic heterocycles. The Hall–Kier alpha value is -6.06. The molecule has 9 aromatic rings. The van der Waals surface area contributed by atoms with E-state index < -0.39 is 0 Å². The molecule has 252 valence electrons. The van der Waals surface area contributed by atoms with Crippen LogP contribution in [-0.4, -0.2) is 0 Å². The molecule has 0 unspecified atom stereocenters. The fraction of sp³-hybridized carbons (Fsp3) is 0.143. The third-order valence-electron chi connectivity index (χ3n) is 11.2. The summed E-state index contributed by atoms with van der Waals surface area (Å²) in [6, 6.07) is 52.5. The van der Waals surface area contributed by atoms with Crippen molar-refractivity contribution in [2.24, 2.45) is 0 Å². The van der Waals surface area contributed by atoms with Crippen molar-refractivity contribution in [2.45, 2.75) is 45.4 Å². The Morgan fingerprint density at radius 3 is 1.88 bits per heavy atom. The summed E-state index contributed by atoms with van der Waals surface area (Å²) in [6.45, 7) is 11.5. The molecule has 0 radical (unpaired) electrons. The Labute approximate surface area is 303 Å². The summed E-state index contributed by atoms with van der Waals surface area (Å²) in [5, 5.41) is 4.65. The lowest BCUT2D eigenvalue weighted by atomic mass is 9.81. The highest BCUT2D eigenvalue weighted by molar-refractivity contribution is 6.10. The van der Waals surface area contributed by atoms with E-state index in [4.69, 9.17) is 8.83 Å². The molecule has 0 atom stereocenters. The maximum atomic E-state index is 6.56. The highest BCUT2D eigenvalue weighted by Gasteiger charge is 2.37. The quantitative estimate of drug-likeness (QED) is 0.186. The van der Waals surface area contributed by atoms with Crippen molar-refractivity contribution >= 4 is 60.9 Å². The van der Waals surface area contributed by atoms with Gasteiger partial charge in [-0.2, -0.15) is 0 Å². The lowest BCUT2D eigenvalue weighted by Gasteiger charge is -2.27. The molecule has 0 fully saturated rings. The highest BCUT2D eigenvalue weighted by atomic mass is 16.3. The molecule has 7 aromatic carbocycles. The molecule has 10 rings (SSSR count). The Morgan fingerprint density at radius 2 is 1.08 bits per heavy atom. The second-order valence-electron chi connectivity index (χ2n) is 15.8. The molecular formula is C49H39NO2. The molecule has 0 spiro atoms. The molecule has 2 aromatic heterocycles. The van der Waals surface area contributed by atoms with Crippen LogP contribution in [0.3, 0.4) is 0 Å². The van der Waals surface area contributed by atoms with Gasteiger partial charge in [-0.25, -0.2) is 0 Å². The molecule has 0 saturated heterocycles. The summed E-state index contributed by atoms with van der Waals surface area (Å²) in [5.41, 5.74) is 15.5. The largest absolute Gasteiger partial charge is 0.456 e. The molecule has 3 nitrogen and oxygen atoms in total. The van der Waals surface area contributed by atoms with Gasteiger partial charge in [-0.3, -0.25) is 0 Å². The van der Waals surface area contributed by atoms with E-state index in [2.05, 4.69) is 173 Å². The molecule has 1 aliphatic rings. The van der Waals surface area contributed by atoms with Gasteiger partial charge in [0, 0.05) is 50.1 Å². The monoisotopic (exact) mass is 673 g/mol. The third-order valence-corrected chi connectivity index (χ3v) is 11.2. The van der Waals surface area contributed by atoms with Crippen LogP contribution in [0, 0.1) is 0 Å². The predicted octanol–water partition coefficient (Wildman–Crippen LogP) is 14.2. The fourth-order valence-corrected chi connectivity index (χ4v) is 8.56. The molecule has 0 amide bonds. The van der Waals surface area contributed by atoms with E-state index >= 15 is 0 Å². The second kappa shape index (κ2) is 11.0. The first-order valence-corrected chi connectivity index (χ1v) is 18.2. The van der Waals surface area contributed by atoms with Crippen molar-refractivity contribution < 1.29 is 8.83 Å². The number of rotatable bonds is 4. The Kier molecular flexibility index (Phi) is 6.48. The number of furan rings is 2. The van der Waals surface area contributed by atoms with Gasteiger partial charge >= 0.3 is 0 Å². The SMILES string of the molecule is CC(C)(C)c1cccc2oc3cc4c(cc3c12)-c1cc(N(c2ccc(-c3ccccc3)cc2)c2ccc3c(c2)oc2ccccc23)ccc1C4(C)C. The lowest BCUT2D eigenvalue weighted by molar-refractivity contribution is 0.594. The number of hydrogen-bond donors (Lipinski definition) is 0. The van der Waals surface area contributed by atoms with E-state index in [1.54, 1.807) is 0 Å². The zero-order valence-electron chi connectivity index (χ0n) is 30.1. The van der Waals surface area contributed by atoms with Crippen LogP contribution in [0.25, 0.3) is 66.1 Å². The highest BCUT2D eigenvalue weighted by Crippen LogP contribution is 2.53. The molecule has 1 aliphatic carbocycles. The Bertz CT molecular complexity index is 2850. The summed E-state index contributed by atoms with van der Waals surface area (Å²) < 4.78 is 13.0. The number of anilines is 3. The average molecular weight is 674 g/mol. The van der Waals surface area contributed by atoms with Crippen LogP contribution < -0.4 is 4.90 Å². The van der Waals surface area contributed by atoms with Crippen molar-refractivity contribution in [2.75, 3.05) is 4.90 Å². The molecule has 0 bridgehead atoms. The first-order valence-electron chi connectivity index (χ1n) is 18.2. The minimum Gasteiger partial charge on any atom is -0.456 e. The molecule has 52 heavy (non-hydrogen) atoms. The van der Waals surface area contributed by atoms with Crippen molar-refractivity contribution in [1.82, 2.24) is 0 Å². The second-order valence-corrected chi connectivity index (χ2v) is 15.8. The number of benzene rings is 7.